The molecule has 0 aliphatic carbocycles. The molecule has 3 aromatic carbocycles. The number of rotatable bonds is 12. The summed E-state index contributed by atoms with van der Waals surface area (Å²) in [6, 6.07) is 24.6. The molecule has 3 heteroatoms. The first kappa shape index (κ1) is 23.6. The van der Waals surface area contributed by atoms with Crippen LogP contribution in [0.2, 0.25) is 0 Å². The normalized spacial score (nSPS) is 11.2. The summed E-state index contributed by atoms with van der Waals surface area (Å²) in [4.78, 5) is 11.2. The molecule has 0 aliphatic rings. The lowest BCUT2D eigenvalue weighted by atomic mass is 10.0. The minimum Gasteiger partial charge on any atom is -0.300 e. The van der Waals surface area contributed by atoms with Gasteiger partial charge in [-0.25, -0.2) is 0 Å². The van der Waals surface area contributed by atoms with Crippen molar-refractivity contribution in [1.29, 1.82) is 0 Å². The number of unbranched alkanes of at least 4 members (excludes halogenated alkanes) is 5. The van der Waals surface area contributed by atoms with Crippen LogP contribution in [0.15, 0.2) is 83.0 Å². The van der Waals surface area contributed by atoms with Crippen molar-refractivity contribution < 1.29 is 4.79 Å². The second-order valence-electron chi connectivity index (χ2n) is 8.51. The van der Waals surface area contributed by atoms with Gasteiger partial charge in [-0.3, -0.25) is 4.79 Å². The number of azo groups is 1. The van der Waals surface area contributed by atoms with Gasteiger partial charge in [0.1, 0.15) is 5.78 Å². The summed E-state index contributed by atoms with van der Waals surface area (Å²) in [6.45, 7) is 3.87. The molecule has 0 saturated carbocycles. The molecule has 0 heterocycles. The van der Waals surface area contributed by atoms with Crippen molar-refractivity contribution in [2.24, 2.45) is 10.2 Å². The number of hydrogen-bond donors (Lipinski definition) is 0. The van der Waals surface area contributed by atoms with Crippen LogP contribution in [0.5, 0.6) is 0 Å². The number of ketones is 1. The van der Waals surface area contributed by atoms with E-state index in [-0.39, 0.29) is 5.78 Å². The third kappa shape index (κ3) is 7.88. The summed E-state index contributed by atoms with van der Waals surface area (Å²) in [5.41, 5.74) is 6.38. The zero-order valence-electron chi connectivity index (χ0n) is 19.4. The van der Waals surface area contributed by atoms with E-state index >= 15 is 0 Å². The molecule has 0 saturated heterocycles. The molecular formula is C29H34N2O. The van der Waals surface area contributed by atoms with Gasteiger partial charge in [0.15, 0.2) is 0 Å². The molecule has 0 atom stereocenters. The molecule has 166 valence electrons. The predicted molar refractivity (Wildman–Crippen MR) is 134 cm³/mol. The topological polar surface area (TPSA) is 41.8 Å². The van der Waals surface area contributed by atoms with Crippen LogP contribution in [0, 0.1) is 0 Å². The van der Waals surface area contributed by atoms with Crippen LogP contribution < -0.4 is 0 Å². The zero-order chi connectivity index (χ0) is 22.6. The summed E-state index contributed by atoms with van der Waals surface area (Å²) in [6.07, 6.45) is 9.58. The number of Topliss-reactive ketones (excluding diaryl/α,β-unsaturated/α-hetero) is 1. The van der Waals surface area contributed by atoms with E-state index in [0.717, 1.165) is 34.5 Å². The predicted octanol–water partition coefficient (Wildman–Crippen LogP) is 8.80. The minimum absolute atomic E-state index is 0.180. The van der Waals surface area contributed by atoms with Gasteiger partial charge in [-0.2, -0.15) is 10.2 Å². The first-order chi connectivity index (χ1) is 15.6. The van der Waals surface area contributed by atoms with E-state index in [2.05, 4.69) is 53.6 Å². The van der Waals surface area contributed by atoms with Crippen LogP contribution in [-0.2, 0) is 17.6 Å². The van der Waals surface area contributed by atoms with Crippen molar-refractivity contribution in [3.05, 3.63) is 83.9 Å². The lowest BCUT2D eigenvalue weighted by Crippen LogP contribution is -1.95. The van der Waals surface area contributed by atoms with E-state index < -0.39 is 0 Å². The average molecular weight is 427 g/mol. The first-order valence-electron chi connectivity index (χ1n) is 11.8. The number of nitrogens with zero attached hydrogens (tertiary/aromatic N) is 2. The molecule has 0 aliphatic heterocycles. The molecule has 0 aromatic heterocycles. The highest BCUT2D eigenvalue weighted by Gasteiger charge is 2.01. The van der Waals surface area contributed by atoms with Gasteiger partial charge in [0.25, 0.3) is 0 Å². The molecule has 0 N–H and O–H groups in total. The molecular weight excluding hydrogens is 392 g/mol. The Balaban J connectivity index is 1.50. The molecule has 0 unspecified atom stereocenters. The Bertz CT molecular complexity index is 987. The molecule has 0 spiro atoms. The van der Waals surface area contributed by atoms with Crippen LogP contribution in [0.25, 0.3) is 11.1 Å². The van der Waals surface area contributed by atoms with Crippen molar-refractivity contribution in [2.45, 2.75) is 65.2 Å². The number of hydrogen-bond acceptors (Lipinski definition) is 3. The summed E-state index contributed by atoms with van der Waals surface area (Å²) in [5, 5.41) is 8.76. The van der Waals surface area contributed by atoms with E-state index in [1.54, 1.807) is 6.92 Å². The SMILES string of the molecule is CCCCCCCCc1ccc(N=Nc2ccc(-c3ccc(CC(C)=O)cc3)cc2)cc1. The molecule has 3 nitrogen and oxygen atoms in total. The maximum absolute atomic E-state index is 11.2. The third-order valence-corrected chi connectivity index (χ3v) is 5.64. The average Bonchev–Trinajstić information content (AvgIpc) is 2.81. The van der Waals surface area contributed by atoms with Gasteiger partial charge in [0.05, 0.1) is 11.4 Å². The fraction of sp³-hybridized carbons (Fsp3) is 0.345. The Morgan fingerprint density at radius 1 is 0.625 bits per heavy atom. The van der Waals surface area contributed by atoms with Gasteiger partial charge < -0.3 is 0 Å². The van der Waals surface area contributed by atoms with Gasteiger partial charge in [0, 0.05) is 6.42 Å². The van der Waals surface area contributed by atoms with Crippen LogP contribution in [0.1, 0.15) is 63.5 Å². The number of benzene rings is 3. The number of carbonyl (C=O) groups excluding carboxylic acids is 1. The highest BCUT2D eigenvalue weighted by Crippen LogP contribution is 2.25. The van der Waals surface area contributed by atoms with E-state index in [9.17, 15) is 4.79 Å². The summed E-state index contributed by atoms with van der Waals surface area (Å²) < 4.78 is 0. The van der Waals surface area contributed by atoms with E-state index in [0.29, 0.717) is 6.42 Å². The van der Waals surface area contributed by atoms with Gasteiger partial charge in [0.2, 0.25) is 0 Å². The Kier molecular flexibility index (Phi) is 9.37. The van der Waals surface area contributed by atoms with Crippen molar-refractivity contribution in [3.8, 4) is 11.1 Å². The molecule has 3 rings (SSSR count). The second kappa shape index (κ2) is 12.7. The third-order valence-electron chi connectivity index (χ3n) is 5.64. The lowest BCUT2D eigenvalue weighted by molar-refractivity contribution is -0.116. The van der Waals surface area contributed by atoms with Crippen molar-refractivity contribution >= 4 is 17.2 Å². The summed E-state index contributed by atoms with van der Waals surface area (Å²) in [5.74, 6) is 0.180. The van der Waals surface area contributed by atoms with Gasteiger partial charge >= 0.3 is 0 Å². The van der Waals surface area contributed by atoms with E-state index in [1.807, 2.05) is 36.4 Å². The van der Waals surface area contributed by atoms with Crippen molar-refractivity contribution in [2.75, 3.05) is 0 Å². The zero-order valence-corrected chi connectivity index (χ0v) is 19.4. The molecule has 0 amide bonds. The molecule has 0 fully saturated rings. The van der Waals surface area contributed by atoms with Crippen molar-refractivity contribution in [3.63, 3.8) is 0 Å². The maximum atomic E-state index is 11.2. The van der Waals surface area contributed by atoms with E-state index in [4.69, 9.17) is 0 Å². The molecule has 32 heavy (non-hydrogen) atoms. The Morgan fingerprint density at radius 2 is 1.09 bits per heavy atom. The highest BCUT2D eigenvalue weighted by molar-refractivity contribution is 5.78. The van der Waals surface area contributed by atoms with Crippen LogP contribution in [-0.4, -0.2) is 5.78 Å². The second-order valence-corrected chi connectivity index (χ2v) is 8.51. The smallest absolute Gasteiger partial charge is 0.134 e. The molecule has 0 bridgehead atoms. The minimum atomic E-state index is 0.180. The summed E-state index contributed by atoms with van der Waals surface area (Å²) in [7, 11) is 0. The number of carbonyl (C=O) groups is 1. The quantitative estimate of drug-likeness (QED) is 0.211. The Hall–Kier alpha value is -3.07. The first-order valence-corrected chi connectivity index (χ1v) is 11.8. The van der Waals surface area contributed by atoms with Crippen LogP contribution in [0.3, 0.4) is 0 Å². The fourth-order valence-electron chi connectivity index (χ4n) is 3.78. The highest BCUT2D eigenvalue weighted by atomic mass is 16.1. The van der Waals surface area contributed by atoms with Crippen LogP contribution in [0.4, 0.5) is 11.4 Å². The molecule has 0 radical (unpaired) electrons. The lowest BCUT2D eigenvalue weighted by Gasteiger charge is -2.04. The summed E-state index contributed by atoms with van der Waals surface area (Å²) >= 11 is 0. The monoisotopic (exact) mass is 426 g/mol. The fourth-order valence-corrected chi connectivity index (χ4v) is 3.78. The van der Waals surface area contributed by atoms with Gasteiger partial charge in [-0.1, -0.05) is 87.6 Å². The molecule has 3 aromatic rings. The van der Waals surface area contributed by atoms with Crippen molar-refractivity contribution in [1.82, 2.24) is 0 Å². The van der Waals surface area contributed by atoms with Crippen LogP contribution >= 0.6 is 0 Å². The van der Waals surface area contributed by atoms with E-state index in [1.165, 1.54) is 44.1 Å². The standard InChI is InChI=1S/C29H34N2O/c1-3-4-5-6-7-8-9-24-12-18-28(19-13-24)30-31-29-20-16-27(17-21-29)26-14-10-25(11-15-26)22-23(2)32/h10-21H,3-9,22H2,1-2H3. The Morgan fingerprint density at radius 3 is 1.66 bits per heavy atom. The van der Waals surface area contributed by atoms with Gasteiger partial charge in [-0.05, 0) is 66.3 Å². The number of aryl methyl sites for hydroxylation is 1. The Labute approximate surface area is 192 Å². The maximum Gasteiger partial charge on any atom is 0.134 e. The largest absolute Gasteiger partial charge is 0.300 e. The van der Waals surface area contributed by atoms with Gasteiger partial charge in [-0.15, -0.1) is 0 Å².